The normalized spacial score (nSPS) is 19.6. The van der Waals surface area contributed by atoms with Crippen LogP contribution >= 0.6 is 0 Å². The first-order valence-electron chi connectivity index (χ1n) is 5.52. The Morgan fingerprint density at radius 1 is 1.56 bits per heavy atom. The van der Waals surface area contributed by atoms with Crippen molar-refractivity contribution >= 4 is 17.9 Å². The van der Waals surface area contributed by atoms with Gasteiger partial charge < -0.3 is 15.4 Å². The van der Waals surface area contributed by atoms with E-state index in [-0.39, 0.29) is 17.9 Å². The fourth-order valence-electron chi connectivity index (χ4n) is 1.96. The molecule has 18 heavy (non-hydrogen) atoms. The molecule has 2 rings (SSSR count). The van der Waals surface area contributed by atoms with Gasteiger partial charge in [0.2, 0.25) is 5.91 Å². The van der Waals surface area contributed by atoms with Crippen LogP contribution in [0.25, 0.3) is 0 Å². The summed E-state index contributed by atoms with van der Waals surface area (Å²) in [4.78, 5) is 23.4. The van der Waals surface area contributed by atoms with Gasteiger partial charge in [0.15, 0.2) is 0 Å². The summed E-state index contributed by atoms with van der Waals surface area (Å²) < 4.78 is 19.0. The summed E-state index contributed by atoms with van der Waals surface area (Å²) >= 11 is 0. The van der Waals surface area contributed by atoms with Crippen LogP contribution in [0.15, 0.2) is 18.2 Å². The Bertz CT molecular complexity index is 478. The number of amides is 1. The molecule has 0 saturated carbocycles. The van der Waals surface area contributed by atoms with E-state index >= 15 is 0 Å². The zero-order chi connectivity index (χ0) is 13.1. The number of ether oxygens (including phenoxy) is 1. The SMILES string of the molecule is NC(=O)C1COCCN1c1ccc(C=O)cc1F. The quantitative estimate of drug-likeness (QED) is 0.787. The molecule has 0 bridgehead atoms. The first kappa shape index (κ1) is 12.5. The van der Waals surface area contributed by atoms with Crippen LogP contribution in [0.1, 0.15) is 10.4 Å². The number of rotatable bonds is 3. The molecule has 0 aromatic heterocycles. The second kappa shape index (κ2) is 5.14. The van der Waals surface area contributed by atoms with Crippen molar-refractivity contribution in [3.8, 4) is 0 Å². The fourth-order valence-corrected chi connectivity index (χ4v) is 1.96. The molecule has 5 nitrogen and oxygen atoms in total. The number of hydrogen-bond acceptors (Lipinski definition) is 4. The maximum Gasteiger partial charge on any atom is 0.242 e. The maximum atomic E-state index is 13.9. The summed E-state index contributed by atoms with van der Waals surface area (Å²) in [7, 11) is 0. The van der Waals surface area contributed by atoms with E-state index in [1.807, 2.05) is 0 Å². The minimum absolute atomic E-state index is 0.143. The number of aldehydes is 1. The van der Waals surface area contributed by atoms with Gasteiger partial charge in [-0.2, -0.15) is 0 Å². The number of nitrogens with two attached hydrogens (primary N) is 1. The molecule has 0 aliphatic carbocycles. The lowest BCUT2D eigenvalue weighted by molar-refractivity contribution is -0.121. The minimum atomic E-state index is -0.685. The van der Waals surface area contributed by atoms with Gasteiger partial charge in [0.1, 0.15) is 18.1 Å². The molecule has 1 aromatic carbocycles. The number of carbonyl (C=O) groups is 2. The molecule has 1 atom stereocenters. The minimum Gasteiger partial charge on any atom is -0.377 e. The van der Waals surface area contributed by atoms with E-state index in [0.717, 1.165) is 6.07 Å². The molecule has 1 unspecified atom stereocenters. The Balaban J connectivity index is 2.33. The van der Waals surface area contributed by atoms with Gasteiger partial charge in [0, 0.05) is 12.1 Å². The molecule has 6 heteroatoms. The van der Waals surface area contributed by atoms with Gasteiger partial charge in [-0.3, -0.25) is 9.59 Å². The van der Waals surface area contributed by atoms with Gasteiger partial charge in [-0.25, -0.2) is 4.39 Å². The number of primary amides is 1. The lowest BCUT2D eigenvalue weighted by Gasteiger charge is -2.35. The maximum absolute atomic E-state index is 13.9. The number of halogens is 1. The number of nitrogens with zero attached hydrogens (tertiary/aromatic N) is 1. The van der Waals surface area contributed by atoms with Crippen LogP contribution in [0.4, 0.5) is 10.1 Å². The lowest BCUT2D eigenvalue weighted by atomic mass is 10.1. The first-order chi connectivity index (χ1) is 8.63. The zero-order valence-corrected chi connectivity index (χ0v) is 9.64. The summed E-state index contributed by atoms with van der Waals surface area (Å²) in [5.74, 6) is -1.11. The number of anilines is 1. The van der Waals surface area contributed by atoms with Crippen LogP contribution in [0, 0.1) is 5.82 Å². The first-order valence-corrected chi connectivity index (χ1v) is 5.52. The van der Waals surface area contributed by atoms with E-state index in [1.54, 1.807) is 4.90 Å². The van der Waals surface area contributed by atoms with E-state index in [1.165, 1.54) is 12.1 Å². The monoisotopic (exact) mass is 252 g/mol. The highest BCUT2D eigenvalue weighted by molar-refractivity contribution is 5.84. The molecule has 2 N–H and O–H groups in total. The van der Waals surface area contributed by atoms with Crippen molar-refractivity contribution in [3.63, 3.8) is 0 Å². The molecule has 1 amide bonds. The second-order valence-corrected chi connectivity index (χ2v) is 4.02. The molecule has 1 fully saturated rings. The third-order valence-corrected chi connectivity index (χ3v) is 2.87. The number of carbonyl (C=O) groups excluding carboxylic acids is 2. The number of benzene rings is 1. The standard InChI is InChI=1S/C12H13FN2O3/c13-9-5-8(6-16)1-2-10(9)15-3-4-18-7-11(15)12(14)17/h1-2,5-6,11H,3-4,7H2,(H2,14,17). The largest absolute Gasteiger partial charge is 0.377 e. The third-order valence-electron chi connectivity index (χ3n) is 2.87. The van der Waals surface area contributed by atoms with Crippen molar-refractivity contribution in [1.82, 2.24) is 0 Å². The van der Waals surface area contributed by atoms with Crippen molar-refractivity contribution in [3.05, 3.63) is 29.6 Å². The molecule has 96 valence electrons. The molecule has 1 aromatic rings. The van der Waals surface area contributed by atoms with E-state index in [9.17, 15) is 14.0 Å². The molecule has 1 aliphatic heterocycles. The molecular weight excluding hydrogens is 239 g/mol. The van der Waals surface area contributed by atoms with Gasteiger partial charge >= 0.3 is 0 Å². The van der Waals surface area contributed by atoms with Gasteiger partial charge in [-0.15, -0.1) is 0 Å². The lowest BCUT2D eigenvalue weighted by Crippen LogP contribution is -2.53. The highest BCUT2D eigenvalue weighted by atomic mass is 19.1. The Hall–Kier alpha value is -1.95. The molecular formula is C12H13FN2O3. The van der Waals surface area contributed by atoms with Crippen molar-refractivity contribution in [2.45, 2.75) is 6.04 Å². The zero-order valence-electron chi connectivity index (χ0n) is 9.64. The molecule has 0 radical (unpaired) electrons. The topological polar surface area (TPSA) is 72.6 Å². The summed E-state index contributed by atoms with van der Waals surface area (Å²) in [6.07, 6.45) is 0.567. The highest BCUT2D eigenvalue weighted by Crippen LogP contribution is 2.23. The summed E-state index contributed by atoms with van der Waals surface area (Å²) in [6, 6.07) is 3.42. The van der Waals surface area contributed by atoms with E-state index in [2.05, 4.69) is 0 Å². The van der Waals surface area contributed by atoms with Crippen molar-refractivity contribution < 1.29 is 18.7 Å². The van der Waals surface area contributed by atoms with E-state index in [0.29, 0.717) is 19.4 Å². The Kier molecular flexibility index (Phi) is 3.57. The van der Waals surface area contributed by atoms with Crippen LogP contribution in [0.5, 0.6) is 0 Å². The third kappa shape index (κ3) is 2.33. The highest BCUT2D eigenvalue weighted by Gasteiger charge is 2.29. The summed E-state index contributed by atoms with van der Waals surface area (Å²) in [6.45, 7) is 0.924. The predicted octanol–water partition coefficient (Wildman–Crippen LogP) is 0.329. The summed E-state index contributed by atoms with van der Waals surface area (Å²) in [5.41, 5.74) is 5.77. The second-order valence-electron chi connectivity index (χ2n) is 4.02. The Morgan fingerprint density at radius 3 is 2.94 bits per heavy atom. The molecule has 1 saturated heterocycles. The van der Waals surface area contributed by atoms with Gasteiger partial charge in [-0.05, 0) is 18.2 Å². The van der Waals surface area contributed by atoms with Crippen LogP contribution in [0.2, 0.25) is 0 Å². The van der Waals surface area contributed by atoms with E-state index < -0.39 is 17.8 Å². The van der Waals surface area contributed by atoms with Crippen molar-refractivity contribution in [1.29, 1.82) is 0 Å². The summed E-state index contributed by atoms with van der Waals surface area (Å²) in [5, 5.41) is 0. The Labute approximate surface area is 103 Å². The number of hydrogen-bond donors (Lipinski definition) is 1. The van der Waals surface area contributed by atoms with Crippen LogP contribution in [-0.2, 0) is 9.53 Å². The predicted molar refractivity (Wildman–Crippen MR) is 62.9 cm³/mol. The molecule has 1 aliphatic rings. The van der Waals surface area contributed by atoms with Crippen LogP contribution in [-0.4, -0.2) is 38.0 Å². The average Bonchev–Trinajstić information content (AvgIpc) is 2.38. The average molecular weight is 252 g/mol. The molecule has 1 heterocycles. The fraction of sp³-hybridized carbons (Fsp3) is 0.333. The Morgan fingerprint density at radius 2 is 2.33 bits per heavy atom. The van der Waals surface area contributed by atoms with Crippen LogP contribution in [0.3, 0.4) is 0 Å². The van der Waals surface area contributed by atoms with Gasteiger partial charge in [-0.1, -0.05) is 0 Å². The van der Waals surface area contributed by atoms with Crippen LogP contribution < -0.4 is 10.6 Å². The smallest absolute Gasteiger partial charge is 0.242 e. The number of morpholine rings is 1. The van der Waals surface area contributed by atoms with Gasteiger partial charge in [0.05, 0.1) is 18.9 Å². The van der Waals surface area contributed by atoms with E-state index in [4.69, 9.17) is 10.5 Å². The van der Waals surface area contributed by atoms with Crippen molar-refractivity contribution in [2.75, 3.05) is 24.7 Å². The van der Waals surface area contributed by atoms with Crippen molar-refractivity contribution in [2.24, 2.45) is 5.73 Å². The van der Waals surface area contributed by atoms with Gasteiger partial charge in [0.25, 0.3) is 0 Å². The molecule has 0 spiro atoms.